The molecule has 4 rings (SSSR count). The lowest BCUT2D eigenvalue weighted by Gasteiger charge is -2.22. The molecule has 1 N–H and O–H groups in total. The van der Waals surface area contributed by atoms with Gasteiger partial charge in [0, 0.05) is 34.4 Å². The molecular weight excluding hydrogens is 618 g/mol. The molecule has 3 unspecified atom stereocenters. The highest BCUT2D eigenvalue weighted by molar-refractivity contribution is 7.99. The number of carbonyl (C=O) groups is 1. The molecule has 1 heterocycles. The molecule has 0 aliphatic carbocycles. The van der Waals surface area contributed by atoms with E-state index in [0.29, 0.717) is 38.8 Å². The summed E-state index contributed by atoms with van der Waals surface area (Å²) < 4.78 is 35.4. The van der Waals surface area contributed by atoms with E-state index in [4.69, 9.17) is 40.0 Å². The predicted molar refractivity (Wildman–Crippen MR) is 173 cm³/mol. The smallest absolute Gasteiger partial charge is 0.257 e. The number of hydrogen-bond acceptors (Lipinski definition) is 9. The lowest BCUT2D eigenvalue weighted by Crippen LogP contribution is -2.20. The summed E-state index contributed by atoms with van der Waals surface area (Å²) in [5, 5.41) is 11.0. The maximum absolute atomic E-state index is 11.8. The average molecular weight is 656 g/mol. The van der Waals surface area contributed by atoms with Crippen LogP contribution in [0.1, 0.15) is 62.0 Å². The number of methoxy groups -OCH3 is 4. The lowest BCUT2D eigenvalue weighted by molar-refractivity contribution is -0.151. The second-order valence-corrected chi connectivity index (χ2v) is 11.9. The molecule has 240 valence electrons. The van der Waals surface area contributed by atoms with Crippen molar-refractivity contribution in [3.63, 3.8) is 0 Å². The fourth-order valence-electron chi connectivity index (χ4n) is 5.02. The zero-order valence-corrected chi connectivity index (χ0v) is 27.8. The number of thioether (sulfide) groups is 1. The number of hydroxylamine groups is 2. The number of benzene rings is 3. The van der Waals surface area contributed by atoms with E-state index in [1.807, 2.05) is 55.5 Å². The van der Waals surface area contributed by atoms with Crippen molar-refractivity contribution < 1.29 is 38.4 Å². The molecule has 0 radical (unpaired) electrons. The number of halogens is 1. The average Bonchev–Trinajstić information content (AvgIpc) is 3.55. The SMILES string of the molecule is CCC(=O)N(O)C#CCc1cc(C2CCC(c3cc(OC)c(OC)c(OC)c3)O2)cc(OC)c1OC(C)Sc1ccc(Cl)cc1. The molecule has 0 bridgehead atoms. The van der Waals surface area contributed by atoms with Crippen molar-refractivity contribution in [3.05, 3.63) is 70.2 Å². The van der Waals surface area contributed by atoms with Crippen LogP contribution in [0.25, 0.3) is 0 Å². The molecule has 0 aromatic heterocycles. The van der Waals surface area contributed by atoms with Gasteiger partial charge in [0.25, 0.3) is 5.91 Å². The van der Waals surface area contributed by atoms with Crippen molar-refractivity contribution in [2.75, 3.05) is 28.4 Å². The Bertz CT molecular complexity index is 1510. The first-order valence-corrected chi connectivity index (χ1v) is 15.7. The Hall–Kier alpha value is -3.75. The van der Waals surface area contributed by atoms with Gasteiger partial charge in [-0.3, -0.25) is 10.0 Å². The first kappa shape index (κ1) is 34.1. The molecule has 1 aliphatic heterocycles. The van der Waals surface area contributed by atoms with E-state index in [0.717, 1.165) is 34.4 Å². The maximum Gasteiger partial charge on any atom is 0.257 e. The molecule has 1 aliphatic rings. The lowest BCUT2D eigenvalue weighted by atomic mass is 9.99. The summed E-state index contributed by atoms with van der Waals surface area (Å²) in [6, 6.07) is 17.8. The molecule has 3 aromatic carbocycles. The number of rotatable bonds is 12. The summed E-state index contributed by atoms with van der Waals surface area (Å²) in [5.74, 6) is 5.10. The minimum absolute atomic E-state index is 0.133. The highest BCUT2D eigenvalue weighted by Gasteiger charge is 2.31. The standard InChI is InChI=1S/C34H38ClNO8S/c1-7-32(37)36(38)16-8-9-22-17-23(18-29(39-3)33(22)43-21(2)45-26-12-10-25(35)11-13-26)27-14-15-28(44-27)24-19-30(40-4)34(42-6)31(20-24)41-5/h10-13,17-21,27-28,38H,7,9,14-15H2,1-6H3. The van der Waals surface area contributed by atoms with Crippen LogP contribution in [-0.4, -0.2) is 50.1 Å². The van der Waals surface area contributed by atoms with Crippen molar-refractivity contribution in [2.45, 2.75) is 62.1 Å². The van der Waals surface area contributed by atoms with Gasteiger partial charge in [0.2, 0.25) is 5.75 Å². The molecule has 11 heteroatoms. The van der Waals surface area contributed by atoms with Crippen LogP contribution in [0.2, 0.25) is 5.02 Å². The van der Waals surface area contributed by atoms with E-state index in [2.05, 4.69) is 12.0 Å². The van der Waals surface area contributed by atoms with Crippen LogP contribution in [-0.2, 0) is 16.0 Å². The molecule has 1 fully saturated rings. The molecule has 3 atom stereocenters. The molecular formula is C34H38ClNO8S. The van der Waals surface area contributed by atoms with Gasteiger partial charge in [-0.15, -0.1) is 5.06 Å². The fraction of sp³-hybridized carbons (Fsp3) is 0.382. The van der Waals surface area contributed by atoms with E-state index >= 15 is 0 Å². The van der Waals surface area contributed by atoms with Gasteiger partial charge in [0.1, 0.15) is 5.44 Å². The van der Waals surface area contributed by atoms with E-state index in [9.17, 15) is 10.0 Å². The summed E-state index contributed by atoms with van der Waals surface area (Å²) in [7, 11) is 6.33. The van der Waals surface area contributed by atoms with Crippen LogP contribution >= 0.6 is 23.4 Å². The highest BCUT2D eigenvalue weighted by atomic mass is 35.5. The van der Waals surface area contributed by atoms with Gasteiger partial charge in [-0.25, -0.2) is 0 Å². The number of ether oxygens (including phenoxy) is 6. The summed E-state index contributed by atoms with van der Waals surface area (Å²) >= 11 is 7.58. The van der Waals surface area contributed by atoms with Crippen LogP contribution in [0.5, 0.6) is 28.7 Å². The van der Waals surface area contributed by atoms with Gasteiger partial charge in [-0.05, 0) is 79.4 Å². The van der Waals surface area contributed by atoms with Crippen molar-refractivity contribution in [1.29, 1.82) is 0 Å². The third-order valence-electron chi connectivity index (χ3n) is 7.23. The van der Waals surface area contributed by atoms with Gasteiger partial charge in [0.05, 0.1) is 40.6 Å². The Kier molecular flexibility index (Phi) is 12.1. The van der Waals surface area contributed by atoms with Crippen molar-refractivity contribution in [1.82, 2.24) is 5.06 Å². The molecule has 0 saturated carbocycles. The summed E-state index contributed by atoms with van der Waals surface area (Å²) in [5.41, 5.74) is 2.26. The normalized spacial score (nSPS) is 16.3. The first-order valence-electron chi connectivity index (χ1n) is 14.5. The quantitative estimate of drug-likeness (QED) is 0.0528. The number of carbonyl (C=O) groups excluding carboxylic acids is 1. The minimum atomic E-state index is -0.490. The highest BCUT2D eigenvalue weighted by Crippen LogP contribution is 2.47. The van der Waals surface area contributed by atoms with Crippen molar-refractivity contribution in [3.8, 4) is 40.7 Å². The molecule has 45 heavy (non-hydrogen) atoms. The topological polar surface area (TPSA) is 95.9 Å². The molecule has 0 spiro atoms. The Balaban J connectivity index is 1.64. The van der Waals surface area contributed by atoms with E-state index in [1.54, 1.807) is 35.4 Å². The Labute approximate surface area is 273 Å². The molecule has 1 saturated heterocycles. The third-order valence-corrected chi connectivity index (χ3v) is 8.45. The van der Waals surface area contributed by atoms with Crippen LogP contribution in [0.15, 0.2) is 53.4 Å². The predicted octanol–water partition coefficient (Wildman–Crippen LogP) is 7.62. The number of hydrogen-bond donors (Lipinski definition) is 1. The zero-order valence-electron chi connectivity index (χ0n) is 26.2. The number of amides is 1. The van der Waals surface area contributed by atoms with Gasteiger partial charge >= 0.3 is 0 Å². The first-order chi connectivity index (χ1) is 21.7. The zero-order chi connectivity index (χ0) is 32.5. The monoisotopic (exact) mass is 655 g/mol. The Morgan fingerprint density at radius 3 is 2.04 bits per heavy atom. The van der Waals surface area contributed by atoms with Crippen molar-refractivity contribution >= 4 is 29.3 Å². The molecule has 1 amide bonds. The summed E-state index contributed by atoms with van der Waals surface area (Å²) in [6.45, 7) is 3.60. The van der Waals surface area contributed by atoms with E-state index in [-0.39, 0.29) is 30.5 Å². The Morgan fingerprint density at radius 2 is 1.51 bits per heavy atom. The molecule has 9 nitrogen and oxygen atoms in total. The van der Waals surface area contributed by atoms with Gasteiger partial charge in [0.15, 0.2) is 23.0 Å². The van der Waals surface area contributed by atoms with Crippen LogP contribution in [0, 0.1) is 12.0 Å². The second-order valence-electron chi connectivity index (χ2n) is 10.1. The van der Waals surface area contributed by atoms with E-state index < -0.39 is 5.91 Å². The third kappa shape index (κ3) is 8.50. The van der Waals surface area contributed by atoms with Gasteiger partial charge < -0.3 is 28.4 Å². The second kappa shape index (κ2) is 16.0. The molecule has 3 aromatic rings. The number of nitrogens with zero attached hydrogens (tertiary/aromatic N) is 1. The Morgan fingerprint density at radius 1 is 0.956 bits per heavy atom. The van der Waals surface area contributed by atoms with Crippen LogP contribution in [0.4, 0.5) is 0 Å². The minimum Gasteiger partial charge on any atom is -0.493 e. The van der Waals surface area contributed by atoms with Gasteiger partial charge in [-0.1, -0.05) is 36.2 Å². The fourth-order valence-corrected chi connectivity index (χ4v) is 5.96. The maximum atomic E-state index is 11.8. The van der Waals surface area contributed by atoms with Crippen molar-refractivity contribution in [2.24, 2.45) is 0 Å². The summed E-state index contributed by atoms with van der Waals surface area (Å²) in [4.78, 5) is 12.8. The van der Waals surface area contributed by atoms with Crippen LogP contribution in [0.3, 0.4) is 0 Å². The van der Waals surface area contributed by atoms with E-state index in [1.165, 1.54) is 11.8 Å². The summed E-state index contributed by atoms with van der Waals surface area (Å²) in [6.07, 6.45) is 1.41. The van der Waals surface area contributed by atoms with Crippen LogP contribution < -0.4 is 23.7 Å². The largest absolute Gasteiger partial charge is 0.493 e. The van der Waals surface area contributed by atoms with Gasteiger partial charge in [-0.2, -0.15) is 0 Å².